The minimum absolute atomic E-state index is 0.0423. The van der Waals surface area contributed by atoms with Crippen LogP contribution in [0.3, 0.4) is 0 Å². The van der Waals surface area contributed by atoms with Gasteiger partial charge in [-0.05, 0) is 38.5 Å². The first-order chi connectivity index (χ1) is 17.9. The van der Waals surface area contributed by atoms with Crippen molar-refractivity contribution in [2.24, 2.45) is 0 Å². The molecule has 2 aromatic carbocycles. The molecule has 0 amide bonds. The van der Waals surface area contributed by atoms with E-state index < -0.39 is 45.2 Å². The number of aryl methyl sites for hydroxylation is 2. The van der Waals surface area contributed by atoms with Crippen LogP contribution in [0.25, 0.3) is 11.1 Å². The monoisotopic (exact) mass is 548 g/mol. The number of benzene rings is 2. The van der Waals surface area contributed by atoms with Crippen molar-refractivity contribution in [3.8, 4) is 5.75 Å². The molecule has 200 valence electrons. The van der Waals surface area contributed by atoms with Gasteiger partial charge in [0.05, 0.1) is 24.1 Å². The Morgan fingerprint density at radius 1 is 1.03 bits per heavy atom. The molecule has 2 heterocycles. The lowest BCUT2D eigenvalue weighted by atomic mass is 10.0. The molecular weight excluding hydrogens is 525 g/mol. The van der Waals surface area contributed by atoms with Crippen LogP contribution in [0.15, 0.2) is 56.6 Å². The molecule has 2 aromatic heterocycles. The van der Waals surface area contributed by atoms with Gasteiger partial charge in [0.25, 0.3) is 16.4 Å². The second-order valence-electron chi connectivity index (χ2n) is 8.36. The third-order valence-electron chi connectivity index (χ3n) is 5.84. The predicted octanol–water partition coefficient (Wildman–Crippen LogP) is 5.26. The van der Waals surface area contributed by atoms with E-state index in [2.05, 4.69) is 20.0 Å². The number of halogens is 3. The molecular formula is C25H23F3N4O5S. The van der Waals surface area contributed by atoms with Crippen LogP contribution in [0, 0.1) is 19.7 Å². The summed E-state index contributed by atoms with van der Waals surface area (Å²) in [7, 11) is -2.98. The van der Waals surface area contributed by atoms with E-state index in [1.54, 1.807) is 6.07 Å². The number of methoxy groups -OCH3 is 1. The van der Waals surface area contributed by atoms with E-state index in [9.17, 15) is 26.4 Å². The van der Waals surface area contributed by atoms with Gasteiger partial charge in [-0.1, -0.05) is 30.3 Å². The minimum atomic E-state index is -4.29. The molecule has 0 bridgehead atoms. The molecule has 0 aliphatic carbocycles. The topological polar surface area (TPSA) is 123 Å². The van der Waals surface area contributed by atoms with Crippen LogP contribution in [0.1, 0.15) is 41.9 Å². The third kappa shape index (κ3) is 5.01. The van der Waals surface area contributed by atoms with Gasteiger partial charge < -0.3 is 14.5 Å². The van der Waals surface area contributed by atoms with Gasteiger partial charge in [-0.15, -0.1) is 0 Å². The zero-order valence-corrected chi connectivity index (χ0v) is 21.5. The molecule has 2 N–H and O–H groups in total. The van der Waals surface area contributed by atoms with Crippen molar-refractivity contribution in [3.05, 3.63) is 81.2 Å². The summed E-state index contributed by atoms with van der Waals surface area (Å²) in [5, 5.41) is 3.10. The largest absolute Gasteiger partial charge is 0.495 e. The Hall–Kier alpha value is -4.13. The van der Waals surface area contributed by atoms with Crippen LogP contribution in [0.2, 0.25) is 0 Å². The van der Waals surface area contributed by atoms with Gasteiger partial charge in [-0.2, -0.15) is 4.98 Å². The highest BCUT2D eigenvalue weighted by molar-refractivity contribution is 7.92. The van der Waals surface area contributed by atoms with E-state index in [0.29, 0.717) is 0 Å². The molecule has 0 aliphatic rings. The highest BCUT2D eigenvalue weighted by Crippen LogP contribution is 2.33. The highest BCUT2D eigenvalue weighted by Gasteiger charge is 2.26. The summed E-state index contributed by atoms with van der Waals surface area (Å²) < 4.78 is 80.1. The van der Waals surface area contributed by atoms with Crippen LogP contribution in [0.4, 0.5) is 24.7 Å². The van der Waals surface area contributed by atoms with Crippen molar-refractivity contribution in [1.82, 2.24) is 9.97 Å². The van der Waals surface area contributed by atoms with Crippen LogP contribution >= 0.6 is 0 Å². The van der Waals surface area contributed by atoms with Crippen LogP contribution < -0.4 is 20.4 Å². The van der Waals surface area contributed by atoms with Gasteiger partial charge >= 0.3 is 5.63 Å². The van der Waals surface area contributed by atoms with E-state index in [4.69, 9.17) is 9.15 Å². The number of alkyl halides is 2. The molecule has 0 unspecified atom stereocenters. The number of fused-ring (bicyclic) bond motifs is 1. The molecule has 0 saturated heterocycles. The number of anilines is 2. The van der Waals surface area contributed by atoms with E-state index in [-0.39, 0.29) is 44.5 Å². The number of aromatic nitrogens is 2. The molecule has 0 fully saturated rings. The highest BCUT2D eigenvalue weighted by atomic mass is 32.2. The third-order valence-corrected chi connectivity index (χ3v) is 7.23. The standard InChI is InChI=1S/C25H23F3N4O5S/c1-12-19-23(29-13(2)15-8-7-9-16(20(15)26)22(27)28)30-14(3)31-24(19)37-25(33)21(12)32-38(34,35)18-11-6-5-10-17(18)36-4/h5-11,13,22,32H,1-4H3,(H,29,30,31)/t13-/m1/s1. The van der Waals surface area contributed by atoms with Crippen molar-refractivity contribution in [3.63, 3.8) is 0 Å². The number of nitrogens with zero attached hydrogens (tertiary/aromatic N) is 2. The van der Waals surface area contributed by atoms with Crippen molar-refractivity contribution in [2.45, 2.75) is 38.1 Å². The van der Waals surface area contributed by atoms with Crippen molar-refractivity contribution >= 4 is 32.6 Å². The zero-order chi connectivity index (χ0) is 27.8. The molecule has 0 aliphatic heterocycles. The molecule has 4 aromatic rings. The first-order valence-corrected chi connectivity index (χ1v) is 12.7. The van der Waals surface area contributed by atoms with Gasteiger partial charge in [-0.3, -0.25) is 4.72 Å². The Morgan fingerprint density at radius 3 is 2.39 bits per heavy atom. The molecule has 0 radical (unpaired) electrons. The maximum Gasteiger partial charge on any atom is 0.362 e. The molecule has 13 heteroatoms. The summed E-state index contributed by atoms with van der Waals surface area (Å²) in [5.41, 5.74) is -2.18. The quantitative estimate of drug-likeness (QED) is 0.306. The summed E-state index contributed by atoms with van der Waals surface area (Å²) in [4.78, 5) is 21.0. The number of hydrogen-bond donors (Lipinski definition) is 2. The molecule has 0 saturated carbocycles. The van der Waals surface area contributed by atoms with Gasteiger partial charge in [-0.25, -0.2) is 31.4 Å². The van der Waals surface area contributed by atoms with E-state index in [0.717, 1.165) is 6.07 Å². The molecule has 4 rings (SSSR count). The Balaban J connectivity index is 1.82. The number of hydrogen-bond acceptors (Lipinski definition) is 8. The lowest BCUT2D eigenvalue weighted by Gasteiger charge is -2.19. The minimum Gasteiger partial charge on any atom is -0.495 e. The van der Waals surface area contributed by atoms with Gasteiger partial charge in [0, 0.05) is 5.56 Å². The van der Waals surface area contributed by atoms with Gasteiger partial charge in [0.2, 0.25) is 5.71 Å². The smallest absolute Gasteiger partial charge is 0.362 e. The summed E-state index contributed by atoms with van der Waals surface area (Å²) >= 11 is 0. The van der Waals surface area contributed by atoms with E-state index >= 15 is 0 Å². The maximum atomic E-state index is 14.8. The zero-order valence-electron chi connectivity index (χ0n) is 20.7. The SMILES string of the molecule is COc1ccccc1S(=O)(=O)Nc1c(C)c2c(N[C@H](C)c3cccc(C(F)F)c3F)nc(C)nc2oc1=O. The summed E-state index contributed by atoms with van der Waals surface area (Å²) in [6.07, 6.45) is -3.00. The first kappa shape index (κ1) is 26.9. The molecule has 9 nitrogen and oxygen atoms in total. The average Bonchev–Trinajstić information content (AvgIpc) is 2.86. The Kier molecular flexibility index (Phi) is 7.31. The van der Waals surface area contributed by atoms with Crippen molar-refractivity contribution in [2.75, 3.05) is 17.1 Å². The maximum absolute atomic E-state index is 14.8. The second kappa shape index (κ2) is 10.3. The first-order valence-electron chi connectivity index (χ1n) is 11.3. The predicted molar refractivity (Wildman–Crippen MR) is 135 cm³/mol. The lowest BCUT2D eigenvalue weighted by molar-refractivity contribution is 0.146. The van der Waals surface area contributed by atoms with E-state index in [1.165, 1.54) is 58.2 Å². The Labute approximate surface area is 215 Å². The number of rotatable bonds is 8. The Bertz CT molecular complexity index is 1690. The summed E-state index contributed by atoms with van der Waals surface area (Å²) in [6.45, 7) is 4.53. The fraction of sp³-hybridized carbons (Fsp3) is 0.240. The van der Waals surface area contributed by atoms with Crippen molar-refractivity contribution in [1.29, 1.82) is 0 Å². The van der Waals surface area contributed by atoms with Crippen LogP contribution in [-0.4, -0.2) is 25.5 Å². The normalized spacial score (nSPS) is 12.5. The number of para-hydroxylation sites is 1. The molecule has 0 spiro atoms. The average molecular weight is 549 g/mol. The van der Waals surface area contributed by atoms with Gasteiger partial charge in [0.15, 0.2) is 0 Å². The van der Waals surface area contributed by atoms with Crippen molar-refractivity contribution < 1.29 is 30.7 Å². The van der Waals surface area contributed by atoms with Crippen LogP contribution in [-0.2, 0) is 10.0 Å². The number of ether oxygens (including phenoxy) is 1. The number of sulfonamides is 1. The molecule has 1 atom stereocenters. The molecule has 38 heavy (non-hydrogen) atoms. The van der Waals surface area contributed by atoms with Crippen LogP contribution in [0.5, 0.6) is 5.75 Å². The summed E-state index contributed by atoms with van der Waals surface area (Å²) in [5.74, 6) is -0.725. The summed E-state index contributed by atoms with van der Waals surface area (Å²) in [6, 6.07) is 8.66. The lowest BCUT2D eigenvalue weighted by Crippen LogP contribution is -2.21. The number of nitrogens with one attached hydrogen (secondary N) is 2. The Morgan fingerprint density at radius 2 is 1.71 bits per heavy atom. The fourth-order valence-electron chi connectivity index (χ4n) is 3.98. The van der Waals surface area contributed by atoms with Gasteiger partial charge in [0.1, 0.15) is 33.8 Å². The second-order valence-corrected chi connectivity index (χ2v) is 10.0. The fourth-order valence-corrected chi connectivity index (χ4v) is 5.27. The van der Waals surface area contributed by atoms with E-state index in [1.807, 2.05) is 0 Å².